The van der Waals surface area contributed by atoms with E-state index >= 15 is 0 Å². The first kappa shape index (κ1) is 18.8. The topological polar surface area (TPSA) is 28.7 Å². The van der Waals surface area contributed by atoms with E-state index in [-0.39, 0.29) is 0 Å². The lowest BCUT2D eigenvalue weighted by Crippen LogP contribution is -1.94. The third-order valence-electron chi connectivity index (χ3n) is 3.65. The third kappa shape index (κ3) is 9.67. The van der Waals surface area contributed by atoms with Crippen LogP contribution >= 0.6 is 0 Å². The molecular formula is C18H32N2. The molecule has 0 aromatic carbocycles. The van der Waals surface area contributed by atoms with E-state index in [0.29, 0.717) is 0 Å². The fourth-order valence-corrected chi connectivity index (χ4v) is 2.41. The highest BCUT2D eigenvalue weighted by atomic mass is 14.9. The van der Waals surface area contributed by atoms with Gasteiger partial charge in [0.2, 0.25) is 0 Å². The average molecular weight is 276 g/mol. The summed E-state index contributed by atoms with van der Waals surface area (Å²) >= 11 is 0. The van der Waals surface area contributed by atoms with Crippen molar-refractivity contribution in [2.75, 3.05) is 0 Å². The molecule has 0 saturated carbocycles. The normalized spacial score (nSPS) is 10.0. The maximum Gasteiger partial charge on any atom is 0.0462 e. The van der Waals surface area contributed by atoms with E-state index in [2.05, 4.69) is 43.4 Å². The molecule has 0 radical (unpaired) electrons. The Hall–Kier alpha value is -1.23. The Morgan fingerprint density at radius 3 is 2.15 bits per heavy atom. The lowest BCUT2D eigenvalue weighted by Gasteiger charge is -2.03. The highest BCUT2D eigenvalue weighted by Gasteiger charge is 1.97. The molecule has 0 aliphatic carbocycles. The monoisotopic (exact) mass is 276 g/mol. The van der Waals surface area contributed by atoms with Gasteiger partial charge in [-0.05, 0) is 30.9 Å². The van der Waals surface area contributed by atoms with E-state index in [1.165, 1.54) is 76.3 Å². The molecule has 0 bridgehead atoms. The molecule has 2 heteroatoms. The number of rotatable bonds is 11. The number of unbranched alkanes of at least 4 members (excludes halogenated alkanes) is 7. The highest BCUT2D eigenvalue weighted by molar-refractivity contribution is 5.10. The van der Waals surface area contributed by atoms with E-state index in [1.54, 1.807) is 0 Å². The molecule has 1 rings (SSSR count). The van der Waals surface area contributed by atoms with Gasteiger partial charge in [-0.2, -0.15) is 0 Å². The van der Waals surface area contributed by atoms with Crippen LogP contribution in [0.4, 0.5) is 0 Å². The minimum atomic E-state index is 1.21. The molecule has 0 aliphatic heterocycles. The van der Waals surface area contributed by atoms with Crippen molar-refractivity contribution in [2.45, 2.75) is 84.6 Å². The average Bonchev–Trinajstić information content (AvgIpc) is 2.94. The van der Waals surface area contributed by atoms with E-state index in [0.717, 1.165) is 0 Å². The minimum Gasteiger partial charge on any atom is -0.354 e. The lowest BCUT2D eigenvalue weighted by molar-refractivity contribution is 0.550. The van der Waals surface area contributed by atoms with Crippen LogP contribution in [0.25, 0.3) is 0 Å². The molecule has 0 unspecified atom stereocenters. The van der Waals surface area contributed by atoms with Crippen LogP contribution < -0.4 is 0 Å². The van der Waals surface area contributed by atoms with Gasteiger partial charge in [0.15, 0.2) is 0 Å². The molecule has 1 heterocycles. The second kappa shape index (κ2) is 14.2. The van der Waals surface area contributed by atoms with Crippen molar-refractivity contribution in [2.24, 2.45) is 0 Å². The minimum absolute atomic E-state index is 1.21. The van der Waals surface area contributed by atoms with Gasteiger partial charge in [-0.1, -0.05) is 58.8 Å². The van der Waals surface area contributed by atoms with Crippen molar-refractivity contribution < 1.29 is 0 Å². The van der Waals surface area contributed by atoms with Crippen LogP contribution in [0.3, 0.4) is 0 Å². The third-order valence-corrected chi connectivity index (χ3v) is 3.65. The van der Waals surface area contributed by atoms with E-state index in [4.69, 9.17) is 5.26 Å². The Balaban J connectivity index is 0.00000172. The Morgan fingerprint density at radius 2 is 1.50 bits per heavy atom. The lowest BCUT2D eigenvalue weighted by atomic mass is 10.1. The van der Waals surface area contributed by atoms with Crippen LogP contribution in [0.2, 0.25) is 0 Å². The zero-order valence-electron chi connectivity index (χ0n) is 13.5. The fourth-order valence-electron chi connectivity index (χ4n) is 2.41. The molecule has 1 aromatic rings. The smallest absolute Gasteiger partial charge is 0.0462 e. The highest BCUT2D eigenvalue weighted by Crippen LogP contribution is 2.10. The largest absolute Gasteiger partial charge is 0.354 e. The summed E-state index contributed by atoms with van der Waals surface area (Å²) in [6.45, 7) is 9.25. The van der Waals surface area contributed by atoms with Crippen LogP contribution in [0.15, 0.2) is 18.5 Å². The van der Waals surface area contributed by atoms with Crippen LogP contribution in [-0.2, 0) is 13.0 Å². The van der Waals surface area contributed by atoms with Crippen molar-refractivity contribution in [3.8, 4) is 6.57 Å². The molecule has 0 amide bonds. The fraction of sp³-hybridized carbons (Fsp3) is 0.722. The maximum absolute atomic E-state index is 6.50. The molecule has 0 N–H and O–H groups in total. The Bertz CT molecular complexity index is 325. The van der Waals surface area contributed by atoms with E-state index in [9.17, 15) is 0 Å². The van der Waals surface area contributed by atoms with Crippen LogP contribution in [-0.4, -0.2) is 4.57 Å². The van der Waals surface area contributed by atoms with Crippen LogP contribution in [0.1, 0.15) is 77.2 Å². The molecule has 2 nitrogen and oxygen atoms in total. The molecule has 0 saturated heterocycles. The molecule has 114 valence electrons. The van der Waals surface area contributed by atoms with Gasteiger partial charge >= 0.3 is 0 Å². The number of nitriles is 1. The van der Waals surface area contributed by atoms with Gasteiger partial charge < -0.3 is 4.57 Å². The standard InChI is InChI=1S/C17H31N.CHN/c1-3-5-7-8-9-10-11-14-18-15-13-17(16-18)12-6-4-2;1-2/h13,15-16H,3-12,14H2,1-2H3;1H. The molecule has 20 heavy (non-hydrogen) atoms. The van der Waals surface area contributed by atoms with Gasteiger partial charge in [-0.15, -0.1) is 0 Å². The van der Waals surface area contributed by atoms with Crippen molar-refractivity contribution in [1.82, 2.24) is 4.57 Å². The van der Waals surface area contributed by atoms with E-state index < -0.39 is 0 Å². The van der Waals surface area contributed by atoms with Gasteiger partial charge in [-0.25, -0.2) is 5.26 Å². The number of hydrogen-bond donors (Lipinski definition) is 0. The summed E-state index contributed by atoms with van der Waals surface area (Å²) < 4.78 is 2.37. The van der Waals surface area contributed by atoms with Gasteiger partial charge in [0, 0.05) is 25.5 Å². The quantitative estimate of drug-likeness (QED) is 0.475. The molecular weight excluding hydrogens is 244 g/mol. The summed E-state index contributed by atoms with van der Waals surface area (Å²) in [6.07, 6.45) is 18.2. The molecule has 0 aliphatic rings. The maximum atomic E-state index is 6.50. The second-order valence-electron chi connectivity index (χ2n) is 5.48. The summed E-state index contributed by atoms with van der Waals surface area (Å²) in [5.41, 5.74) is 1.51. The van der Waals surface area contributed by atoms with Gasteiger partial charge in [-0.3, -0.25) is 0 Å². The second-order valence-corrected chi connectivity index (χ2v) is 5.48. The van der Waals surface area contributed by atoms with Crippen molar-refractivity contribution in [3.63, 3.8) is 0 Å². The molecule has 0 spiro atoms. The van der Waals surface area contributed by atoms with Gasteiger partial charge in [0.25, 0.3) is 0 Å². The summed E-state index contributed by atoms with van der Waals surface area (Å²) in [4.78, 5) is 0. The predicted octanol–water partition coefficient (Wildman–Crippen LogP) is 5.72. The summed E-state index contributed by atoms with van der Waals surface area (Å²) in [5.74, 6) is 0. The zero-order chi connectivity index (χ0) is 15.1. The Labute approximate surface area is 125 Å². The molecule has 0 fully saturated rings. The predicted molar refractivity (Wildman–Crippen MR) is 87.7 cm³/mol. The SMILES string of the molecule is C#N.CCCCCCCCCn1ccc(CCCC)c1. The zero-order valence-corrected chi connectivity index (χ0v) is 13.5. The van der Waals surface area contributed by atoms with Crippen molar-refractivity contribution >= 4 is 0 Å². The van der Waals surface area contributed by atoms with Crippen LogP contribution in [0, 0.1) is 11.8 Å². The summed E-state index contributed by atoms with van der Waals surface area (Å²) in [7, 11) is 0. The van der Waals surface area contributed by atoms with Crippen LogP contribution in [0.5, 0.6) is 0 Å². The molecule has 0 atom stereocenters. The first-order chi connectivity index (χ1) is 9.86. The van der Waals surface area contributed by atoms with Crippen molar-refractivity contribution in [1.29, 1.82) is 5.26 Å². The summed E-state index contributed by atoms with van der Waals surface area (Å²) in [5, 5.41) is 6.50. The number of nitrogens with zero attached hydrogens (tertiary/aromatic N) is 2. The number of aryl methyl sites for hydroxylation is 2. The van der Waals surface area contributed by atoms with Gasteiger partial charge in [0.1, 0.15) is 0 Å². The number of aromatic nitrogens is 1. The Kier molecular flexibility index (Phi) is 13.3. The summed E-state index contributed by atoms with van der Waals surface area (Å²) in [6, 6.07) is 2.29. The van der Waals surface area contributed by atoms with Crippen molar-refractivity contribution in [3.05, 3.63) is 24.0 Å². The number of hydrogen-bond acceptors (Lipinski definition) is 1. The molecule has 1 aromatic heterocycles. The Morgan fingerprint density at radius 1 is 0.900 bits per heavy atom. The first-order valence-corrected chi connectivity index (χ1v) is 8.27. The first-order valence-electron chi connectivity index (χ1n) is 8.27. The van der Waals surface area contributed by atoms with E-state index in [1.807, 2.05) is 0 Å². The van der Waals surface area contributed by atoms with Gasteiger partial charge in [0.05, 0.1) is 0 Å².